The van der Waals surface area contributed by atoms with Crippen LogP contribution >= 0.6 is 11.3 Å². The second kappa shape index (κ2) is 9.25. The highest BCUT2D eigenvalue weighted by molar-refractivity contribution is 7.09. The van der Waals surface area contributed by atoms with E-state index < -0.39 is 0 Å². The zero-order chi connectivity index (χ0) is 15.6. The Balaban J connectivity index is 1.69. The van der Waals surface area contributed by atoms with Crippen molar-refractivity contribution >= 4 is 17.3 Å². The highest BCUT2D eigenvalue weighted by Gasteiger charge is 1.99. The van der Waals surface area contributed by atoms with Gasteiger partial charge in [0.1, 0.15) is 0 Å². The molecule has 2 heterocycles. The van der Waals surface area contributed by atoms with E-state index in [1.807, 2.05) is 10.9 Å². The Labute approximate surface area is 136 Å². The number of aliphatic imine (C=N–C) groups is 1. The lowest BCUT2D eigenvalue weighted by Gasteiger charge is -2.10. The fraction of sp³-hybridized carbons (Fsp3) is 0.500. The molecule has 120 valence electrons. The van der Waals surface area contributed by atoms with E-state index in [1.54, 1.807) is 11.3 Å². The second-order valence-electron chi connectivity index (χ2n) is 5.15. The number of aromatic nitrogens is 2. The quantitative estimate of drug-likeness (QED) is 0.446. The predicted octanol–water partition coefficient (Wildman–Crippen LogP) is 2.44. The Morgan fingerprint density at radius 1 is 1.41 bits per heavy atom. The summed E-state index contributed by atoms with van der Waals surface area (Å²) in [4.78, 5) is 6.01. The molecule has 2 rings (SSSR count). The number of nitrogens with zero attached hydrogens (tertiary/aromatic N) is 3. The summed E-state index contributed by atoms with van der Waals surface area (Å²) < 4.78 is 1.97. The first kappa shape index (κ1) is 16.5. The van der Waals surface area contributed by atoms with Crippen molar-refractivity contribution < 1.29 is 0 Å². The standard InChI is InChI=1S/C16H25N5S/c1-3-17-16(19-9-7-15-6-4-11-22-15)18-8-5-10-21-13-14(2)12-20-21/h4,6,11-13H,3,5,7-10H2,1-2H3,(H2,17,18,19). The van der Waals surface area contributed by atoms with Crippen molar-refractivity contribution in [3.8, 4) is 0 Å². The summed E-state index contributed by atoms with van der Waals surface area (Å²) in [6.07, 6.45) is 5.98. The summed E-state index contributed by atoms with van der Waals surface area (Å²) in [6.45, 7) is 7.64. The SMILES string of the molecule is CCNC(=NCCCn1cc(C)cn1)NCCc1cccs1. The van der Waals surface area contributed by atoms with Crippen LogP contribution in [0.3, 0.4) is 0 Å². The normalized spacial score (nSPS) is 11.6. The van der Waals surface area contributed by atoms with Gasteiger partial charge in [0.25, 0.3) is 0 Å². The van der Waals surface area contributed by atoms with E-state index in [4.69, 9.17) is 0 Å². The highest BCUT2D eigenvalue weighted by Crippen LogP contribution is 2.07. The molecule has 2 N–H and O–H groups in total. The van der Waals surface area contributed by atoms with Crippen molar-refractivity contribution in [1.29, 1.82) is 0 Å². The molecule has 0 fully saturated rings. The van der Waals surface area contributed by atoms with Crippen LogP contribution in [0.4, 0.5) is 0 Å². The van der Waals surface area contributed by atoms with Crippen molar-refractivity contribution in [3.63, 3.8) is 0 Å². The van der Waals surface area contributed by atoms with Crippen LogP contribution in [0.15, 0.2) is 34.9 Å². The van der Waals surface area contributed by atoms with Gasteiger partial charge in [-0.25, -0.2) is 0 Å². The maximum atomic E-state index is 4.61. The summed E-state index contributed by atoms with van der Waals surface area (Å²) >= 11 is 1.80. The fourth-order valence-electron chi connectivity index (χ4n) is 2.11. The van der Waals surface area contributed by atoms with E-state index in [-0.39, 0.29) is 0 Å². The van der Waals surface area contributed by atoms with Crippen molar-refractivity contribution in [2.24, 2.45) is 4.99 Å². The van der Waals surface area contributed by atoms with Crippen LogP contribution in [-0.4, -0.2) is 35.4 Å². The minimum atomic E-state index is 0.799. The van der Waals surface area contributed by atoms with Gasteiger partial charge in [0.05, 0.1) is 6.20 Å². The first-order chi connectivity index (χ1) is 10.8. The van der Waals surface area contributed by atoms with Crippen LogP contribution in [-0.2, 0) is 13.0 Å². The molecule has 0 spiro atoms. The number of rotatable bonds is 8. The summed E-state index contributed by atoms with van der Waals surface area (Å²) in [5, 5.41) is 13.1. The third-order valence-electron chi connectivity index (χ3n) is 3.17. The van der Waals surface area contributed by atoms with Gasteiger partial charge in [-0.3, -0.25) is 9.67 Å². The summed E-state index contributed by atoms with van der Waals surface area (Å²) in [5.74, 6) is 0.899. The van der Waals surface area contributed by atoms with Gasteiger partial charge in [-0.2, -0.15) is 5.10 Å². The maximum Gasteiger partial charge on any atom is 0.191 e. The molecule has 0 bridgehead atoms. The van der Waals surface area contributed by atoms with Crippen molar-refractivity contribution in [2.45, 2.75) is 33.2 Å². The van der Waals surface area contributed by atoms with Crippen molar-refractivity contribution in [3.05, 3.63) is 40.3 Å². The largest absolute Gasteiger partial charge is 0.357 e. The Morgan fingerprint density at radius 3 is 3.00 bits per heavy atom. The molecule has 2 aromatic heterocycles. The highest BCUT2D eigenvalue weighted by atomic mass is 32.1. The van der Waals surface area contributed by atoms with Gasteiger partial charge in [-0.15, -0.1) is 11.3 Å². The Hall–Kier alpha value is -1.82. The third-order valence-corrected chi connectivity index (χ3v) is 4.10. The van der Waals surface area contributed by atoms with Gasteiger partial charge in [-0.1, -0.05) is 6.07 Å². The molecule has 0 aromatic carbocycles. The fourth-order valence-corrected chi connectivity index (χ4v) is 2.82. The lowest BCUT2D eigenvalue weighted by molar-refractivity contribution is 0.583. The van der Waals surface area contributed by atoms with Gasteiger partial charge in [0.2, 0.25) is 0 Å². The third kappa shape index (κ3) is 5.89. The van der Waals surface area contributed by atoms with Gasteiger partial charge in [0, 0.05) is 37.3 Å². The molecule has 2 aromatic rings. The minimum absolute atomic E-state index is 0.799. The van der Waals surface area contributed by atoms with Gasteiger partial charge in [0.15, 0.2) is 5.96 Å². The summed E-state index contributed by atoms with van der Waals surface area (Å²) in [6, 6.07) is 4.26. The zero-order valence-electron chi connectivity index (χ0n) is 13.4. The van der Waals surface area contributed by atoms with E-state index in [2.05, 4.69) is 58.3 Å². The molecular weight excluding hydrogens is 294 g/mol. The minimum Gasteiger partial charge on any atom is -0.357 e. The molecule has 0 aliphatic rings. The van der Waals surface area contributed by atoms with Gasteiger partial charge in [-0.05, 0) is 43.7 Å². The number of hydrogen-bond donors (Lipinski definition) is 2. The maximum absolute atomic E-state index is 4.61. The average molecular weight is 319 g/mol. The molecule has 22 heavy (non-hydrogen) atoms. The number of guanidine groups is 1. The van der Waals surface area contributed by atoms with E-state index in [9.17, 15) is 0 Å². The summed E-state index contributed by atoms with van der Waals surface area (Å²) in [7, 11) is 0. The Kier molecular flexibility index (Phi) is 6.96. The van der Waals surface area contributed by atoms with Crippen molar-refractivity contribution in [1.82, 2.24) is 20.4 Å². The van der Waals surface area contributed by atoms with E-state index in [0.717, 1.165) is 45.0 Å². The van der Waals surface area contributed by atoms with E-state index in [1.165, 1.54) is 10.4 Å². The van der Waals surface area contributed by atoms with Crippen LogP contribution in [0.2, 0.25) is 0 Å². The molecule has 0 aliphatic carbocycles. The number of hydrogen-bond acceptors (Lipinski definition) is 3. The lowest BCUT2D eigenvalue weighted by Crippen LogP contribution is -2.38. The lowest BCUT2D eigenvalue weighted by atomic mass is 10.3. The van der Waals surface area contributed by atoms with Gasteiger partial charge >= 0.3 is 0 Å². The molecule has 5 nitrogen and oxygen atoms in total. The first-order valence-electron chi connectivity index (χ1n) is 7.81. The van der Waals surface area contributed by atoms with Crippen LogP contribution in [0.25, 0.3) is 0 Å². The molecule has 0 amide bonds. The average Bonchev–Trinajstić information content (AvgIpc) is 3.15. The number of nitrogens with one attached hydrogen (secondary N) is 2. The van der Waals surface area contributed by atoms with E-state index in [0.29, 0.717) is 0 Å². The smallest absolute Gasteiger partial charge is 0.191 e. The first-order valence-corrected chi connectivity index (χ1v) is 8.69. The van der Waals surface area contributed by atoms with E-state index >= 15 is 0 Å². The number of aryl methyl sites for hydroxylation is 2. The van der Waals surface area contributed by atoms with Crippen LogP contribution in [0.1, 0.15) is 23.8 Å². The molecule has 0 radical (unpaired) electrons. The summed E-state index contributed by atoms with van der Waals surface area (Å²) in [5.41, 5.74) is 1.20. The van der Waals surface area contributed by atoms with Crippen LogP contribution in [0.5, 0.6) is 0 Å². The van der Waals surface area contributed by atoms with Crippen LogP contribution < -0.4 is 10.6 Å². The molecule has 0 unspecified atom stereocenters. The molecule has 0 aliphatic heterocycles. The molecule has 6 heteroatoms. The molecule has 0 atom stereocenters. The monoisotopic (exact) mass is 319 g/mol. The Morgan fingerprint density at radius 2 is 2.32 bits per heavy atom. The van der Waals surface area contributed by atoms with Crippen LogP contribution in [0, 0.1) is 6.92 Å². The second-order valence-corrected chi connectivity index (χ2v) is 6.18. The number of thiophene rings is 1. The predicted molar refractivity (Wildman–Crippen MR) is 93.6 cm³/mol. The topological polar surface area (TPSA) is 54.2 Å². The van der Waals surface area contributed by atoms with Gasteiger partial charge < -0.3 is 10.6 Å². The molecule has 0 saturated carbocycles. The Bertz CT molecular complexity index is 559. The molecular formula is C16H25N5S. The van der Waals surface area contributed by atoms with Crippen molar-refractivity contribution in [2.75, 3.05) is 19.6 Å². The zero-order valence-corrected chi connectivity index (χ0v) is 14.2. The molecule has 0 saturated heterocycles.